The second-order valence-corrected chi connectivity index (χ2v) is 6.90. The molecule has 0 fully saturated rings. The molecular formula is C18H18N4O4S. The maximum Gasteiger partial charge on any atom is 0.413 e. The van der Waals surface area contributed by atoms with Crippen LogP contribution in [0.4, 0.5) is 4.79 Å². The van der Waals surface area contributed by atoms with Crippen LogP contribution < -0.4 is 5.32 Å². The number of methoxy groups -OCH3 is 1. The number of hydrogen-bond acceptors (Lipinski definition) is 7. The first-order valence-electron chi connectivity index (χ1n) is 8.15. The van der Waals surface area contributed by atoms with Crippen LogP contribution in [0, 0.1) is 0 Å². The number of nitrogens with zero attached hydrogens (tertiary/aromatic N) is 3. The first-order chi connectivity index (χ1) is 13.1. The van der Waals surface area contributed by atoms with Crippen LogP contribution in [-0.4, -0.2) is 39.1 Å². The van der Waals surface area contributed by atoms with Gasteiger partial charge in [0.15, 0.2) is 10.9 Å². The Hall–Kier alpha value is -3.07. The van der Waals surface area contributed by atoms with E-state index in [4.69, 9.17) is 4.42 Å². The van der Waals surface area contributed by atoms with Gasteiger partial charge in [-0.05, 0) is 24.6 Å². The Bertz CT molecular complexity index is 909. The molecule has 8 nitrogen and oxygen atoms in total. The van der Waals surface area contributed by atoms with Gasteiger partial charge in [0, 0.05) is 0 Å². The smallest absolute Gasteiger partial charge is 0.413 e. The van der Waals surface area contributed by atoms with E-state index in [0.717, 1.165) is 5.56 Å². The van der Waals surface area contributed by atoms with Crippen molar-refractivity contribution >= 4 is 23.8 Å². The molecule has 1 aromatic carbocycles. The van der Waals surface area contributed by atoms with Crippen molar-refractivity contribution in [3.63, 3.8) is 0 Å². The van der Waals surface area contributed by atoms with Gasteiger partial charge in [-0.2, -0.15) is 0 Å². The average molecular weight is 386 g/mol. The van der Waals surface area contributed by atoms with Gasteiger partial charge in [-0.1, -0.05) is 42.1 Å². The van der Waals surface area contributed by atoms with Crippen molar-refractivity contribution in [2.24, 2.45) is 0 Å². The van der Waals surface area contributed by atoms with Gasteiger partial charge in [-0.25, -0.2) is 4.79 Å². The van der Waals surface area contributed by atoms with Crippen molar-refractivity contribution in [3.8, 4) is 11.6 Å². The molecule has 0 saturated heterocycles. The zero-order valence-electron chi connectivity index (χ0n) is 14.8. The van der Waals surface area contributed by atoms with E-state index < -0.39 is 17.3 Å². The Kier molecular flexibility index (Phi) is 5.92. The number of rotatable bonds is 6. The van der Waals surface area contributed by atoms with Crippen molar-refractivity contribution in [2.75, 3.05) is 7.11 Å². The second-order valence-electron chi connectivity index (χ2n) is 5.60. The molecule has 3 rings (SSSR count). The third-order valence-corrected chi connectivity index (χ3v) is 4.78. The molecule has 1 N–H and O–H groups in total. The van der Waals surface area contributed by atoms with Crippen molar-refractivity contribution < 1.29 is 18.7 Å². The van der Waals surface area contributed by atoms with E-state index in [2.05, 4.69) is 20.3 Å². The summed E-state index contributed by atoms with van der Waals surface area (Å²) >= 11 is 1.20. The van der Waals surface area contributed by atoms with Crippen molar-refractivity contribution in [2.45, 2.75) is 23.9 Å². The fraction of sp³-hybridized carbons (Fsp3) is 0.222. The van der Waals surface area contributed by atoms with E-state index in [1.807, 2.05) is 34.9 Å². The minimum atomic E-state index is -0.797. The largest absolute Gasteiger partial charge is 0.461 e. The molecule has 140 valence electrons. The van der Waals surface area contributed by atoms with Crippen LogP contribution >= 0.6 is 11.8 Å². The van der Waals surface area contributed by atoms with E-state index in [1.165, 1.54) is 18.9 Å². The highest BCUT2D eigenvalue weighted by Crippen LogP contribution is 2.28. The molecule has 2 heterocycles. The van der Waals surface area contributed by atoms with Gasteiger partial charge in [0.25, 0.3) is 0 Å². The number of amides is 2. The molecule has 2 aromatic heterocycles. The van der Waals surface area contributed by atoms with Crippen molar-refractivity contribution in [3.05, 3.63) is 54.3 Å². The molecule has 0 saturated carbocycles. The number of furan rings is 1. The van der Waals surface area contributed by atoms with Crippen LogP contribution in [0.3, 0.4) is 0 Å². The fourth-order valence-corrected chi connectivity index (χ4v) is 3.19. The normalized spacial score (nSPS) is 11.8. The number of thioether (sulfide) groups is 1. The lowest BCUT2D eigenvalue weighted by atomic mass is 10.2. The quantitative estimate of drug-likeness (QED) is 0.650. The predicted molar refractivity (Wildman–Crippen MR) is 99.1 cm³/mol. The summed E-state index contributed by atoms with van der Waals surface area (Å²) in [5.74, 6) is 0.671. The van der Waals surface area contributed by atoms with Crippen LogP contribution in [0.15, 0.2) is 58.3 Å². The Morgan fingerprint density at radius 3 is 2.67 bits per heavy atom. The second kappa shape index (κ2) is 8.54. The van der Waals surface area contributed by atoms with E-state index >= 15 is 0 Å². The minimum Gasteiger partial charge on any atom is -0.461 e. The minimum absolute atomic E-state index is 0.472. The molecule has 0 unspecified atom stereocenters. The third-order valence-electron chi connectivity index (χ3n) is 3.70. The van der Waals surface area contributed by atoms with Crippen LogP contribution in [0.25, 0.3) is 11.6 Å². The highest BCUT2D eigenvalue weighted by atomic mass is 32.2. The lowest BCUT2D eigenvalue weighted by Gasteiger charge is -2.12. The van der Waals surface area contributed by atoms with Crippen molar-refractivity contribution in [1.29, 1.82) is 0 Å². The third kappa shape index (κ3) is 4.56. The van der Waals surface area contributed by atoms with Gasteiger partial charge in [0.05, 0.1) is 25.2 Å². The zero-order valence-corrected chi connectivity index (χ0v) is 15.6. The summed E-state index contributed by atoms with van der Waals surface area (Å²) in [4.78, 5) is 23.4. The molecule has 1 atom stereocenters. The van der Waals surface area contributed by atoms with Gasteiger partial charge < -0.3 is 9.15 Å². The number of carbonyl (C=O) groups excluding carboxylic acids is 2. The summed E-state index contributed by atoms with van der Waals surface area (Å²) in [6, 6.07) is 13.4. The number of aromatic nitrogens is 3. The SMILES string of the molecule is COC(=O)NC(=O)[C@@H](C)Sc1nnc(-c2ccco2)n1Cc1ccccc1. The summed E-state index contributed by atoms with van der Waals surface area (Å²) < 4.78 is 11.8. The first-order valence-corrected chi connectivity index (χ1v) is 9.03. The molecule has 9 heteroatoms. The molecule has 3 aromatic rings. The number of nitrogens with one attached hydrogen (secondary N) is 1. The molecule has 0 aliphatic heterocycles. The van der Waals surface area contributed by atoms with E-state index in [9.17, 15) is 9.59 Å². The maximum absolute atomic E-state index is 12.1. The van der Waals surface area contributed by atoms with E-state index in [1.54, 1.807) is 25.3 Å². The molecular weight excluding hydrogens is 368 g/mol. The number of ether oxygens (including phenoxy) is 1. The molecule has 0 aliphatic rings. The molecule has 0 bridgehead atoms. The van der Waals surface area contributed by atoms with Gasteiger partial charge in [0.2, 0.25) is 11.7 Å². The van der Waals surface area contributed by atoms with E-state index in [0.29, 0.717) is 23.3 Å². The van der Waals surface area contributed by atoms with Gasteiger partial charge in [0.1, 0.15) is 0 Å². The van der Waals surface area contributed by atoms with Crippen LogP contribution in [0.1, 0.15) is 12.5 Å². The summed E-state index contributed by atoms with van der Waals surface area (Å²) in [5, 5.41) is 10.5. The zero-order chi connectivity index (χ0) is 19.2. The molecule has 2 amide bonds. The topological polar surface area (TPSA) is 99.2 Å². The average Bonchev–Trinajstić information content (AvgIpc) is 3.33. The molecule has 27 heavy (non-hydrogen) atoms. The number of alkyl carbamates (subject to hydrolysis) is 1. The first kappa shape index (κ1) is 18.7. The summed E-state index contributed by atoms with van der Waals surface area (Å²) in [5.41, 5.74) is 1.05. The standard InChI is InChI=1S/C18H18N4O4S/c1-12(16(23)19-18(24)25-2)27-17-21-20-15(14-9-6-10-26-14)22(17)11-13-7-4-3-5-8-13/h3-10,12H,11H2,1-2H3,(H,19,23,24)/t12-/m1/s1. The molecule has 0 radical (unpaired) electrons. The highest BCUT2D eigenvalue weighted by molar-refractivity contribution is 8.00. The van der Waals surface area contributed by atoms with Crippen LogP contribution in [-0.2, 0) is 16.1 Å². The van der Waals surface area contributed by atoms with Crippen LogP contribution in [0.2, 0.25) is 0 Å². The van der Waals surface area contributed by atoms with Crippen molar-refractivity contribution in [1.82, 2.24) is 20.1 Å². The van der Waals surface area contributed by atoms with Gasteiger partial charge in [-0.15, -0.1) is 10.2 Å². The van der Waals surface area contributed by atoms with Gasteiger partial charge in [-0.3, -0.25) is 14.7 Å². The van der Waals surface area contributed by atoms with E-state index in [-0.39, 0.29) is 0 Å². The monoisotopic (exact) mass is 386 g/mol. The molecule has 0 aliphatic carbocycles. The number of benzene rings is 1. The Labute approximate surface area is 159 Å². The van der Waals surface area contributed by atoms with Gasteiger partial charge >= 0.3 is 6.09 Å². The Morgan fingerprint density at radius 1 is 1.22 bits per heavy atom. The molecule has 0 spiro atoms. The summed E-state index contributed by atoms with van der Waals surface area (Å²) in [6.45, 7) is 2.19. The lowest BCUT2D eigenvalue weighted by Crippen LogP contribution is -2.36. The maximum atomic E-state index is 12.1. The Morgan fingerprint density at radius 2 is 2.00 bits per heavy atom. The Balaban J connectivity index is 1.86. The highest BCUT2D eigenvalue weighted by Gasteiger charge is 2.23. The fourth-order valence-electron chi connectivity index (χ4n) is 2.34. The lowest BCUT2D eigenvalue weighted by molar-refractivity contribution is -0.119. The number of carbonyl (C=O) groups is 2. The number of hydrogen-bond donors (Lipinski definition) is 1. The summed E-state index contributed by atoms with van der Waals surface area (Å²) in [7, 11) is 1.20. The number of imide groups is 1. The summed E-state index contributed by atoms with van der Waals surface area (Å²) in [6.07, 6.45) is 0.769. The van der Waals surface area contributed by atoms with Crippen LogP contribution in [0.5, 0.6) is 0 Å². The predicted octanol–water partition coefficient (Wildman–Crippen LogP) is 2.95.